The van der Waals surface area contributed by atoms with E-state index in [9.17, 15) is 13.2 Å². The standard InChI is InChI=1S/C20H23N5O3S/c1-14-4-6-16(7-5-14)29(27,28)12-8-17(26)25-11-2-3-15(13-25)18-19-20(24-23-18)22-10-9-21-19/h4-7,9-10,15H,2-3,8,11-13H2,1H3,(H,22,23,24)/t15-/m0/s1. The van der Waals surface area contributed by atoms with E-state index in [1.165, 1.54) is 0 Å². The summed E-state index contributed by atoms with van der Waals surface area (Å²) in [5.74, 6) is -0.238. The summed E-state index contributed by atoms with van der Waals surface area (Å²) in [6.45, 7) is 3.07. The fourth-order valence-corrected chi connectivity index (χ4v) is 4.97. The lowest BCUT2D eigenvalue weighted by Gasteiger charge is -2.32. The molecule has 0 saturated carbocycles. The highest BCUT2D eigenvalue weighted by Crippen LogP contribution is 2.29. The third-order valence-corrected chi connectivity index (χ3v) is 7.10. The van der Waals surface area contributed by atoms with Crippen molar-refractivity contribution in [3.8, 4) is 0 Å². The van der Waals surface area contributed by atoms with Crippen LogP contribution in [0.1, 0.15) is 36.4 Å². The van der Waals surface area contributed by atoms with Crippen molar-refractivity contribution in [2.24, 2.45) is 0 Å². The number of H-pyrrole nitrogens is 1. The number of carbonyl (C=O) groups excluding carboxylic acids is 1. The quantitative estimate of drug-likeness (QED) is 0.687. The number of likely N-dealkylation sites (tertiary alicyclic amines) is 1. The summed E-state index contributed by atoms with van der Waals surface area (Å²) in [6, 6.07) is 6.72. The predicted molar refractivity (Wildman–Crippen MR) is 108 cm³/mol. The largest absolute Gasteiger partial charge is 0.342 e. The summed E-state index contributed by atoms with van der Waals surface area (Å²) in [7, 11) is -3.48. The number of rotatable bonds is 5. The first kappa shape index (κ1) is 19.5. The van der Waals surface area contributed by atoms with E-state index in [2.05, 4.69) is 20.2 Å². The van der Waals surface area contributed by atoms with Gasteiger partial charge in [0.2, 0.25) is 5.91 Å². The molecule has 9 heteroatoms. The van der Waals surface area contributed by atoms with E-state index < -0.39 is 9.84 Å². The van der Waals surface area contributed by atoms with Crippen molar-refractivity contribution in [1.82, 2.24) is 25.1 Å². The minimum atomic E-state index is -3.48. The molecule has 3 heterocycles. The number of sulfone groups is 1. The van der Waals surface area contributed by atoms with Crippen LogP contribution in [0.25, 0.3) is 11.2 Å². The Morgan fingerprint density at radius 2 is 1.97 bits per heavy atom. The topological polar surface area (TPSA) is 109 Å². The van der Waals surface area contributed by atoms with Crippen LogP contribution in [0, 0.1) is 6.92 Å². The van der Waals surface area contributed by atoms with Gasteiger partial charge in [0, 0.05) is 37.8 Å². The average molecular weight is 414 g/mol. The molecule has 1 saturated heterocycles. The fourth-order valence-electron chi connectivity index (χ4n) is 3.74. The summed E-state index contributed by atoms with van der Waals surface area (Å²) in [5.41, 5.74) is 3.18. The second-order valence-electron chi connectivity index (χ2n) is 7.43. The number of amides is 1. The molecular weight excluding hydrogens is 390 g/mol. The van der Waals surface area contributed by atoms with Crippen molar-refractivity contribution < 1.29 is 13.2 Å². The van der Waals surface area contributed by atoms with Crippen LogP contribution in [-0.4, -0.2) is 58.2 Å². The van der Waals surface area contributed by atoms with E-state index in [1.807, 2.05) is 6.92 Å². The van der Waals surface area contributed by atoms with E-state index in [-0.39, 0.29) is 28.9 Å². The molecule has 1 N–H and O–H groups in total. The van der Waals surface area contributed by atoms with Crippen molar-refractivity contribution in [3.05, 3.63) is 47.9 Å². The second-order valence-corrected chi connectivity index (χ2v) is 9.54. The number of aryl methyl sites for hydroxylation is 1. The third-order valence-electron chi connectivity index (χ3n) is 5.36. The smallest absolute Gasteiger partial charge is 0.223 e. The predicted octanol–water partition coefficient (Wildman–Crippen LogP) is 2.23. The fraction of sp³-hybridized carbons (Fsp3) is 0.400. The molecule has 0 aliphatic carbocycles. The zero-order chi connectivity index (χ0) is 20.4. The molecule has 0 spiro atoms. The van der Waals surface area contributed by atoms with Gasteiger partial charge in [-0.1, -0.05) is 17.7 Å². The lowest BCUT2D eigenvalue weighted by molar-refractivity contribution is -0.132. The lowest BCUT2D eigenvalue weighted by Crippen LogP contribution is -2.39. The SMILES string of the molecule is Cc1ccc(S(=O)(=O)CCC(=O)N2CCC[C@H](c3[nH]nc4nccnc34)C2)cc1. The van der Waals surface area contributed by atoms with E-state index in [4.69, 9.17) is 0 Å². The molecule has 29 heavy (non-hydrogen) atoms. The zero-order valence-corrected chi connectivity index (χ0v) is 17.0. The molecule has 1 aliphatic rings. The first-order chi connectivity index (χ1) is 13.9. The molecule has 1 amide bonds. The van der Waals surface area contributed by atoms with Gasteiger partial charge in [0.1, 0.15) is 5.52 Å². The Morgan fingerprint density at radius 1 is 1.21 bits per heavy atom. The molecule has 3 aromatic rings. The number of fused-ring (bicyclic) bond motifs is 1. The van der Waals surface area contributed by atoms with Crippen LogP contribution in [-0.2, 0) is 14.6 Å². The summed E-state index contributed by atoms with van der Waals surface area (Å²) >= 11 is 0. The number of nitrogens with one attached hydrogen (secondary N) is 1. The highest BCUT2D eigenvalue weighted by Gasteiger charge is 2.28. The number of aromatic amines is 1. The maximum Gasteiger partial charge on any atom is 0.223 e. The van der Waals surface area contributed by atoms with Crippen LogP contribution >= 0.6 is 0 Å². The normalized spacial score (nSPS) is 17.6. The number of hydrogen-bond donors (Lipinski definition) is 1. The first-order valence-electron chi connectivity index (χ1n) is 9.66. The van der Waals surface area contributed by atoms with Crippen molar-refractivity contribution in [1.29, 1.82) is 0 Å². The molecular formula is C20H23N5O3S. The van der Waals surface area contributed by atoms with E-state index >= 15 is 0 Å². The molecule has 1 fully saturated rings. The van der Waals surface area contributed by atoms with Gasteiger partial charge in [-0.05, 0) is 31.9 Å². The number of aromatic nitrogens is 4. The number of nitrogens with zero attached hydrogens (tertiary/aromatic N) is 4. The third kappa shape index (κ3) is 4.14. The van der Waals surface area contributed by atoms with Crippen LogP contribution in [0.5, 0.6) is 0 Å². The number of benzene rings is 1. The van der Waals surface area contributed by atoms with Crippen LogP contribution in [0.3, 0.4) is 0 Å². The van der Waals surface area contributed by atoms with Crippen molar-refractivity contribution in [2.75, 3.05) is 18.8 Å². The van der Waals surface area contributed by atoms with E-state index in [1.54, 1.807) is 41.6 Å². The molecule has 152 valence electrons. The van der Waals surface area contributed by atoms with Gasteiger partial charge >= 0.3 is 0 Å². The molecule has 1 aromatic carbocycles. The first-order valence-corrected chi connectivity index (χ1v) is 11.3. The molecule has 1 atom stereocenters. The molecule has 8 nitrogen and oxygen atoms in total. The minimum absolute atomic E-state index is 0.0214. The maximum atomic E-state index is 12.7. The minimum Gasteiger partial charge on any atom is -0.342 e. The highest BCUT2D eigenvalue weighted by atomic mass is 32.2. The lowest BCUT2D eigenvalue weighted by atomic mass is 9.94. The molecule has 0 unspecified atom stereocenters. The average Bonchev–Trinajstić information content (AvgIpc) is 3.17. The Bertz CT molecular complexity index is 1120. The van der Waals surface area contributed by atoms with Gasteiger partial charge in [-0.25, -0.2) is 18.4 Å². The Hall–Kier alpha value is -2.81. The van der Waals surface area contributed by atoms with Gasteiger partial charge in [-0.15, -0.1) is 0 Å². The van der Waals surface area contributed by atoms with Crippen LogP contribution in [0.4, 0.5) is 0 Å². The highest BCUT2D eigenvalue weighted by molar-refractivity contribution is 7.91. The molecule has 0 bridgehead atoms. The van der Waals surface area contributed by atoms with Crippen molar-refractivity contribution >= 4 is 26.9 Å². The number of carbonyl (C=O) groups is 1. The number of piperidine rings is 1. The Balaban J connectivity index is 1.42. The van der Waals surface area contributed by atoms with Crippen LogP contribution < -0.4 is 0 Å². The molecule has 4 rings (SSSR count). The van der Waals surface area contributed by atoms with Crippen LogP contribution in [0.2, 0.25) is 0 Å². The second kappa shape index (κ2) is 7.90. The van der Waals surface area contributed by atoms with Gasteiger partial charge in [-0.3, -0.25) is 9.89 Å². The summed E-state index contributed by atoms with van der Waals surface area (Å²) in [5, 5.41) is 7.21. The van der Waals surface area contributed by atoms with Gasteiger partial charge < -0.3 is 4.90 Å². The van der Waals surface area contributed by atoms with Gasteiger partial charge in [0.05, 0.1) is 16.3 Å². The van der Waals surface area contributed by atoms with Crippen molar-refractivity contribution in [2.45, 2.75) is 37.0 Å². The van der Waals surface area contributed by atoms with Gasteiger partial charge in [-0.2, -0.15) is 5.10 Å². The maximum absolute atomic E-state index is 12.7. The summed E-state index contributed by atoms with van der Waals surface area (Å²) < 4.78 is 25.1. The van der Waals surface area contributed by atoms with E-state index in [0.717, 1.165) is 29.6 Å². The van der Waals surface area contributed by atoms with Crippen molar-refractivity contribution in [3.63, 3.8) is 0 Å². The van der Waals surface area contributed by atoms with Gasteiger partial charge in [0.15, 0.2) is 15.5 Å². The van der Waals surface area contributed by atoms with E-state index in [0.29, 0.717) is 18.7 Å². The summed E-state index contributed by atoms with van der Waals surface area (Å²) in [4.78, 5) is 23.3. The monoisotopic (exact) mass is 413 g/mol. The molecule has 2 aromatic heterocycles. The van der Waals surface area contributed by atoms with Gasteiger partial charge in [0.25, 0.3) is 0 Å². The zero-order valence-electron chi connectivity index (χ0n) is 16.2. The molecule has 0 radical (unpaired) electrons. The molecule has 1 aliphatic heterocycles. The Kier molecular flexibility index (Phi) is 5.31. The Morgan fingerprint density at radius 3 is 2.76 bits per heavy atom. The summed E-state index contributed by atoms with van der Waals surface area (Å²) in [6.07, 6.45) is 4.97. The van der Waals surface area contributed by atoms with Crippen LogP contribution in [0.15, 0.2) is 41.6 Å². The number of hydrogen-bond acceptors (Lipinski definition) is 6. The Labute approximate surface area is 169 Å².